The van der Waals surface area contributed by atoms with E-state index < -0.39 is 0 Å². The molecule has 2 atom stereocenters. The SMILES string of the molecule is CCOCCNC(=NC)N1CC(C)CC(C)C1. The van der Waals surface area contributed by atoms with Crippen LogP contribution < -0.4 is 5.32 Å². The highest BCUT2D eigenvalue weighted by Crippen LogP contribution is 2.20. The summed E-state index contributed by atoms with van der Waals surface area (Å²) < 4.78 is 5.32. The highest BCUT2D eigenvalue weighted by Gasteiger charge is 2.23. The Balaban J connectivity index is 2.38. The van der Waals surface area contributed by atoms with Crippen molar-refractivity contribution in [1.29, 1.82) is 0 Å². The molecule has 0 aromatic carbocycles. The Hall–Kier alpha value is -0.770. The lowest BCUT2D eigenvalue weighted by molar-refractivity contribution is 0.150. The van der Waals surface area contributed by atoms with Crippen LogP contribution in [0.1, 0.15) is 27.2 Å². The molecule has 1 heterocycles. The maximum Gasteiger partial charge on any atom is 0.193 e. The lowest BCUT2D eigenvalue weighted by Crippen LogP contribution is -2.49. The van der Waals surface area contributed by atoms with E-state index in [9.17, 15) is 0 Å². The lowest BCUT2D eigenvalue weighted by atomic mass is 9.92. The zero-order valence-corrected chi connectivity index (χ0v) is 11.7. The molecule has 0 amide bonds. The molecule has 1 aliphatic rings. The summed E-state index contributed by atoms with van der Waals surface area (Å²) >= 11 is 0. The molecular formula is C13H27N3O. The normalized spacial score (nSPS) is 26.1. The standard InChI is InChI=1S/C13H27N3O/c1-5-17-7-6-15-13(14-4)16-9-11(2)8-12(3)10-16/h11-12H,5-10H2,1-4H3,(H,14,15). The van der Waals surface area contributed by atoms with Gasteiger partial charge in [-0.2, -0.15) is 0 Å². The average molecular weight is 241 g/mol. The highest BCUT2D eigenvalue weighted by atomic mass is 16.5. The van der Waals surface area contributed by atoms with Gasteiger partial charge in [0.2, 0.25) is 0 Å². The van der Waals surface area contributed by atoms with Crippen molar-refractivity contribution in [3.63, 3.8) is 0 Å². The minimum atomic E-state index is 0.745. The van der Waals surface area contributed by atoms with Crippen LogP contribution in [0.3, 0.4) is 0 Å². The Labute approximate surface area is 105 Å². The van der Waals surface area contributed by atoms with Gasteiger partial charge in [-0.15, -0.1) is 0 Å². The molecule has 4 heteroatoms. The Morgan fingerprint density at radius 3 is 2.53 bits per heavy atom. The molecular weight excluding hydrogens is 214 g/mol. The van der Waals surface area contributed by atoms with E-state index in [-0.39, 0.29) is 0 Å². The van der Waals surface area contributed by atoms with Crippen LogP contribution in [0.25, 0.3) is 0 Å². The van der Waals surface area contributed by atoms with Crippen LogP contribution in [0.5, 0.6) is 0 Å². The zero-order valence-electron chi connectivity index (χ0n) is 11.7. The molecule has 1 aliphatic heterocycles. The fourth-order valence-corrected chi connectivity index (χ4v) is 2.55. The summed E-state index contributed by atoms with van der Waals surface area (Å²) in [6, 6.07) is 0. The number of piperidine rings is 1. The Bertz CT molecular complexity index is 233. The van der Waals surface area contributed by atoms with E-state index in [4.69, 9.17) is 4.74 Å². The van der Waals surface area contributed by atoms with E-state index >= 15 is 0 Å². The van der Waals surface area contributed by atoms with Crippen molar-refractivity contribution in [2.24, 2.45) is 16.8 Å². The fraction of sp³-hybridized carbons (Fsp3) is 0.923. The summed E-state index contributed by atoms with van der Waals surface area (Å²) in [5.41, 5.74) is 0. The monoisotopic (exact) mass is 241 g/mol. The molecule has 0 aromatic heterocycles. The van der Waals surface area contributed by atoms with Gasteiger partial charge in [0.15, 0.2) is 5.96 Å². The van der Waals surface area contributed by atoms with Crippen molar-refractivity contribution in [2.75, 3.05) is 39.9 Å². The summed E-state index contributed by atoms with van der Waals surface area (Å²) in [5, 5.41) is 3.37. The first-order valence-corrected chi connectivity index (χ1v) is 6.70. The number of nitrogens with one attached hydrogen (secondary N) is 1. The molecule has 0 spiro atoms. The second-order valence-electron chi connectivity index (χ2n) is 5.02. The third kappa shape index (κ3) is 4.94. The van der Waals surface area contributed by atoms with E-state index in [2.05, 4.69) is 29.1 Å². The summed E-state index contributed by atoms with van der Waals surface area (Å²) in [6.07, 6.45) is 1.33. The van der Waals surface area contributed by atoms with Crippen molar-refractivity contribution in [3.8, 4) is 0 Å². The minimum Gasteiger partial charge on any atom is -0.380 e. The van der Waals surface area contributed by atoms with E-state index in [0.29, 0.717) is 0 Å². The minimum absolute atomic E-state index is 0.745. The summed E-state index contributed by atoms with van der Waals surface area (Å²) in [5.74, 6) is 2.52. The first-order valence-electron chi connectivity index (χ1n) is 6.70. The van der Waals surface area contributed by atoms with Crippen molar-refractivity contribution < 1.29 is 4.74 Å². The van der Waals surface area contributed by atoms with E-state index in [1.807, 2.05) is 14.0 Å². The quantitative estimate of drug-likeness (QED) is 0.461. The van der Waals surface area contributed by atoms with Gasteiger partial charge < -0.3 is 15.0 Å². The number of aliphatic imine (C=N–C) groups is 1. The average Bonchev–Trinajstić information content (AvgIpc) is 2.28. The first-order chi connectivity index (χ1) is 8.17. The summed E-state index contributed by atoms with van der Waals surface area (Å²) in [6.45, 7) is 11.2. The van der Waals surface area contributed by atoms with Gasteiger partial charge in [-0.05, 0) is 25.2 Å². The number of hydrogen-bond donors (Lipinski definition) is 1. The van der Waals surface area contributed by atoms with Crippen molar-refractivity contribution in [1.82, 2.24) is 10.2 Å². The first kappa shape index (κ1) is 14.3. The van der Waals surface area contributed by atoms with Crippen LogP contribution in [0.15, 0.2) is 4.99 Å². The molecule has 4 nitrogen and oxygen atoms in total. The van der Waals surface area contributed by atoms with Gasteiger partial charge in [0.1, 0.15) is 0 Å². The number of hydrogen-bond acceptors (Lipinski definition) is 2. The Kier molecular flexibility index (Phi) is 6.34. The predicted molar refractivity (Wildman–Crippen MR) is 72.4 cm³/mol. The van der Waals surface area contributed by atoms with E-state index in [1.54, 1.807) is 0 Å². The third-order valence-electron chi connectivity index (χ3n) is 3.11. The van der Waals surface area contributed by atoms with Gasteiger partial charge in [-0.25, -0.2) is 0 Å². The number of likely N-dealkylation sites (tertiary alicyclic amines) is 1. The molecule has 0 radical (unpaired) electrons. The van der Waals surface area contributed by atoms with Crippen molar-refractivity contribution in [2.45, 2.75) is 27.2 Å². The number of guanidine groups is 1. The second-order valence-corrected chi connectivity index (χ2v) is 5.02. The fourth-order valence-electron chi connectivity index (χ4n) is 2.55. The van der Waals surface area contributed by atoms with Crippen molar-refractivity contribution in [3.05, 3.63) is 0 Å². The van der Waals surface area contributed by atoms with Gasteiger partial charge in [0.25, 0.3) is 0 Å². The zero-order chi connectivity index (χ0) is 12.7. The molecule has 100 valence electrons. The number of rotatable bonds is 4. The van der Waals surface area contributed by atoms with Crippen LogP contribution in [-0.4, -0.2) is 50.8 Å². The molecule has 0 bridgehead atoms. The molecule has 1 rings (SSSR count). The topological polar surface area (TPSA) is 36.9 Å². The predicted octanol–water partition coefficient (Wildman–Crippen LogP) is 1.58. The summed E-state index contributed by atoms with van der Waals surface area (Å²) in [4.78, 5) is 6.72. The number of nitrogens with zero attached hydrogens (tertiary/aromatic N) is 2. The molecule has 0 aromatic rings. The molecule has 2 unspecified atom stereocenters. The van der Waals surface area contributed by atoms with Gasteiger partial charge in [-0.3, -0.25) is 4.99 Å². The van der Waals surface area contributed by atoms with Crippen LogP contribution in [-0.2, 0) is 4.74 Å². The molecule has 17 heavy (non-hydrogen) atoms. The second kappa shape index (κ2) is 7.54. The Morgan fingerprint density at radius 2 is 2.00 bits per heavy atom. The highest BCUT2D eigenvalue weighted by molar-refractivity contribution is 5.80. The van der Waals surface area contributed by atoms with Crippen LogP contribution in [0.2, 0.25) is 0 Å². The van der Waals surface area contributed by atoms with Gasteiger partial charge >= 0.3 is 0 Å². The maximum absolute atomic E-state index is 5.32. The van der Waals surface area contributed by atoms with Crippen LogP contribution in [0.4, 0.5) is 0 Å². The van der Waals surface area contributed by atoms with Crippen LogP contribution in [0, 0.1) is 11.8 Å². The summed E-state index contributed by atoms with van der Waals surface area (Å²) in [7, 11) is 1.85. The molecule has 1 N–H and O–H groups in total. The molecule has 1 fully saturated rings. The smallest absolute Gasteiger partial charge is 0.193 e. The molecule has 0 saturated carbocycles. The van der Waals surface area contributed by atoms with E-state index in [1.165, 1.54) is 6.42 Å². The Morgan fingerprint density at radius 1 is 1.35 bits per heavy atom. The van der Waals surface area contributed by atoms with Gasteiger partial charge in [0.05, 0.1) is 6.61 Å². The van der Waals surface area contributed by atoms with Gasteiger partial charge in [0, 0.05) is 33.3 Å². The molecule has 1 saturated heterocycles. The van der Waals surface area contributed by atoms with E-state index in [0.717, 1.165) is 50.6 Å². The number of ether oxygens (including phenoxy) is 1. The van der Waals surface area contributed by atoms with Crippen molar-refractivity contribution >= 4 is 5.96 Å². The molecule has 0 aliphatic carbocycles. The van der Waals surface area contributed by atoms with Crippen LogP contribution >= 0.6 is 0 Å². The third-order valence-corrected chi connectivity index (χ3v) is 3.11. The maximum atomic E-state index is 5.32. The largest absolute Gasteiger partial charge is 0.380 e. The lowest BCUT2D eigenvalue weighted by Gasteiger charge is -2.37. The van der Waals surface area contributed by atoms with Gasteiger partial charge in [-0.1, -0.05) is 13.8 Å².